The summed E-state index contributed by atoms with van der Waals surface area (Å²) in [7, 11) is 0. The van der Waals surface area contributed by atoms with Crippen molar-refractivity contribution in [2.75, 3.05) is 0 Å². The number of H-pyrrole nitrogens is 2. The summed E-state index contributed by atoms with van der Waals surface area (Å²) >= 11 is 0. The van der Waals surface area contributed by atoms with E-state index in [0.29, 0.717) is 17.3 Å². The van der Waals surface area contributed by atoms with Crippen LogP contribution in [0.4, 0.5) is 0 Å². The van der Waals surface area contributed by atoms with Crippen molar-refractivity contribution in [2.24, 2.45) is 0 Å². The highest BCUT2D eigenvalue weighted by atomic mass is 16.2. The molecular formula is C14H19N5O2. The molecule has 2 N–H and O–H groups in total. The fourth-order valence-electron chi connectivity index (χ4n) is 1.93. The summed E-state index contributed by atoms with van der Waals surface area (Å²) in [6.07, 6.45) is 3.33. The molecule has 1 saturated carbocycles. The molecule has 1 aliphatic rings. The molecule has 2 aromatic rings. The molecule has 0 amide bonds. The fraction of sp³-hybridized carbons (Fsp3) is 0.357. The van der Waals surface area contributed by atoms with Gasteiger partial charge < -0.3 is 4.98 Å². The number of nitriles is 1. The lowest BCUT2D eigenvalue weighted by Gasteiger charge is -2.03. The first-order valence-electron chi connectivity index (χ1n) is 6.79. The van der Waals surface area contributed by atoms with Crippen molar-refractivity contribution in [1.82, 2.24) is 20.2 Å². The maximum Gasteiger partial charge on any atom is 0.325 e. The van der Waals surface area contributed by atoms with E-state index in [0.717, 1.165) is 18.4 Å². The van der Waals surface area contributed by atoms with Crippen LogP contribution in [0.1, 0.15) is 46.7 Å². The van der Waals surface area contributed by atoms with Gasteiger partial charge in [-0.05, 0) is 30.4 Å². The van der Waals surface area contributed by atoms with E-state index in [1.165, 1.54) is 6.20 Å². The molecule has 0 unspecified atom stereocenters. The Labute approximate surface area is 123 Å². The number of hydrogen-bond acceptors (Lipinski definition) is 5. The topological polar surface area (TPSA) is 115 Å². The Morgan fingerprint density at radius 1 is 1.33 bits per heavy atom. The highest BCUT2D eigenvalue weighted by Crippen LogP contribution is 2.41. The van der Waals surface area contributed by atoms with Crippen molar-refractivity contribution in [2.45, 2.75) is 32.6 Å². The van der Waals surface area contributed by atoms with E-state index in [1.54, 1.807) is 6.07 Å². The van der Waals surface area contributed by atoms with Gasteiger partial charge in [-0.15, -0.1) is 10.2 Å². The normalized spacial score (nSPS) is 13.0. The molecule has 21 heavy (non-hydrogen) atoms. The van der Waals surface area contributed by atoms with Crippen molar-refractivity contribution in [3.05, 3.63) is 44.4 Å². The SMILES string of the molecule is CC.N#Cc1nnc(-c2c[nH]c(=O)[nH]c2=O)cc1C1CC1.[HH].[HH]. The van der Waals surface area contributed by atoms with Crippen LogP contribution >= 0.6 is 0 Å². The monoisotopic (exact) mass is 289 g/mol. The third-order valence-corrected chi connectivity index (χ3v) is 3.04. The molecule has 2 aromatic heterocycles. The van der Waals surface area contributed by atoms with Gasteiger partial charge in [-0.3, -0.25) is 9.78 Å². The molecular weight excluding hydrogens is 270 g/mol. The van der Waals surface area contributed by atoms with E-state index in [2.05, 4.69) is 20.2 Å². The lowest BCUT2D eigenvalue weighted by Crippen LogP contribution is -2.23. The maximum absolute atomic E-state index is 11.7. The van der Waals surface area contributed by atoms with Crippen molar-refractivity contribution in [3.63, 3.8) is 0 Å². The molecule has 0 saturated heterocycles. The molecule has 112 valence electrons. The van der Waals surface area contributed by atoms with E-state index >= 15 is 0 Å². The minimum absolute atomic E-state index is 0. The van der Waals surface area contributed by atoms with Crippen molar-refractivity contribution in [1.29, 1.82) is 5.26 Å². The molecule has 7 nitrogen and oxygen atoms in total. The molecule has 0 aliphatic heterocycles. The van der Waals surface area contributed by atoms with Gasteiger partial charge >= 0.3 is 5.69 Å². The van der Waals surface area contributed by atoms with Crippen LogP contribution in [0.25, 0.3) is 11.3 Å². The van der Waals surface area contributed by atoms with Crippen LogP contribution in [0, 0.1) is 11.3 Å². The van der Waals surface area contributed by atoms with Crippen LogP contribution in [0.15, 0.2) is 21.9 Å². The summed E-state index contributed by atoms with van der Waals surface area (Å²) in [4.78, 5) is 27.2. The average Bonchev–Trinajstić information content (AvgIpc) is 3.33. The summed E-state index contributed by atoms with van der Waals surface area (Å²) in [6.45, 7) is 4.00. The van der Waals surface area contributed by atoms with Gasteiger partial charge in [0.05, 0.1) is 5.56 Å². The second-order valence-corrected chi connectivity index (χ2v) is 4.41. The Balaban J connectivity index is 0.00000117. The number of nitrogens with one attached hydrogen (secondary N) is 2. The van der Waals surface area contributed by atoms with Crippen LogP contribution in [-0.4, -0.2) is 20.2 Å². The van der Waals surface area contributed by atoms with Gasteiger partial charge in [-0.25, -0.2) is 4.79 Å². The lowest BCUT2D eigenvalue weighted by molar-refractivity contribution is 0.952. The van der Waals surface area contributed by atoms with E-state index in [-0.39, 0.29) is 8.42 Å². The molecule has 0 bridgehead atoms. The lowest BCUT2D eigenvalue weighted by atomic mass is 10.1. The molecule has 0 aromatic carbocycles. The number of aromatic amines is 2. The minimum atomic E-state index is -0.572. The van der Waals surface area contributed by atoms with E-state index in [4.69, 9.17) is 5.26 Å². The Morgan fingerprint density at radius 3 is 2.62 bits per heavy atom. The van der Waals surface area contributed by atoms with Crippen LogP contribution in [0.5, 0.6) is 0 Å². The minimum Gasteiger partial charge on any atom is -0.313 e. The summed E-state index contributed by atoms with van der Waals surface area (Å²) in [5, 5.41) is 16.7. The van der Waals surface area contributed by atoms with Crippen molar-refractivity contribution in [3.8, 4) is 17.3 Å². The molecule has 1 fully saturated rings. The molecule has 2 heterocycles. The van der Waals surface area contributed by atoms with Gasteiger partial charge in [-0.1, -0.05) is 13.8 Å². The summed E-state index contributed by atoms with van der Waals surface area (Å²) < 4.78 is 0. The zero-order valence-electron chi connectivity index (χ0n) is 11.8. The fourth-order valence-corrected chi connectivity index (χ4v) is 1.93. The predicted octanol–water partition coefficient (Wildman–Crippen LogP) is 1.79. The van der Waals surface area contributed by atoms with Gasteiger partial charge in [0, 0.05) is 9.05 Å². The second kappa shape index (κ2) is 6.13. The maximum atomic E-state index is 11.7. The molecule has 3 rings (SSSR count). The third kappa shape index (κ3) is 3.05. The van der Waals surface area contributed by atoms with Gasteiger partial charge in [0.2, 0.25) is 0 Å². The zero-order valence-corrected chi connectivity index (χ0v) is 11.8. The van der Waals surface area contributed by atoms with E-state index < -0.39 is 11.2 Å². The smallest absolute Gasteiger partial charge is 0.313 e. The largest absolute Gasteiger partial charge is 0.325 e. The van der Waals surface area contributed by atoms with Crippen molar-refractivity contribution < 1.29 is 2.85 Å². The summed E-state index contributed by atoms with van der Waals surface area (Å²) in [6, 6.07) is 3.70. The number of hydrogen-bond donors (Lipinski definition) is 2. The molecule has 1 aliphatic carbocycles. The van der Waals surface area contributed by atoms with Gasteiger partial charge in [0.25, 0.3) is 5.56 Å². The zero-order chi connectivity index (χ0) is 15.4. The molecule has 0 radical (unpaired) electrons. The first-order chi connectivity index (χ1) is 10.2. The Hall–Kier alpha value is -2.75. The first-order valence-corrected chi connectivity index (χ1v) is 6.79. The van der Waals surface area contributed by atoms with Gasteiger partial charge in [-0.2, -0.15) is 5.26 Å². The van der Waals surface area contributed by atoms with E-state index in [9.17, 15) is 9.59 Å². The van der Waals surface area contributed by atoms with Crippen LogP contribution in [0.3, 0.4) is 0 Å². The highest BCUT2D eigenvalue weighted by Gasteiger charge is 2.28. The summed E-state index contributed by atoms with van der Waals surface area (Å²) in [5.74, 6) is 0.325. The number of rotatable bonds is 2. The third-order valence-electron chi connectivity index (χ3n) is 3.04. The van der Waals surface area contributed by atoms with Gasteiger partial charge in [0.15, 0.2) is 5.69 Å². The predicted molar refractivity (Wildman–Crippen MR) is 81.0 cm³/mol. The first kappa shape index (κ1) is 14.7. The standard InChI is InChI=1S/C12H9N5O2.C2H6.2H2/c13-4-10-7(6-1-2-6)3-9(16-17-10)8-5-14-12(19)15-11(8)18;1-2;;/h3,5-6H,1-2H2,(H2,14,15,18,19);1-2H3;2*1H. The summed E-state index contributed by atoms with van der Waals surface area (Å²) in [5.41, 5.74) is 0.615. The van der Waals surface area contributed by atoms with Crippen LogP contribution in [0.2, 0.25) is 0 Å². The van der Waals surface area contributed by atoms with Crippen molar-refractivity contribution >= 4 is 0 Å². The van der Waals surface area contributed by atoms with Crippen LogP contribution < -0.4 is 11.2 Å². The van der Waals surface area contributed by atoms with E-state index in [1.807, 2.05) is 19.9 Å². The Morgan fingerprint density at radius 2 is 2.05 bits per heavy atom. The Bertz CT molecular complexity index is 806. The second-order valence-electron chi connectivity index (χ2n) is 4.41. The van der Waals surface area contributed by atoms with Gasteiger partial charge in [0.1, 0.15) is 11.8 Å². The highest BCUT2D eigenvalue weighted by molar-refractivity contribution is 5.58. The Kier molecular flexibility index (Phi) is 4.28. The quantitative estimate of drug-likeness (QED) is 0.874. The molecule has 0 spiro atoms. The average molecular weight is 289 g/mol. The molecule has 0 atom stereocenters. The molecule has 7 heteroatoms. The van der Waals surface area contributed by atoms with Crippen LogP contribution in [-0.2, 0) is 0 Å². The number of nitrogens with zero attached hydrogens (tertiary/aromatic N) is 3. The number of aromatic nitrogens is 4.